The normalized spacial score (nSPS) is 14.3. The van der Waals surface area contributed by atoms with E-state index in [0.717, 1.165) is 11.4 Å². The van der Waals surface area contributed by atoms with Crippen molar-refractivity contribution in [2.24, 2.45) is 7.05 Å². The maximum Gasteiger partial charge on any atom is 0.258 e. The van der Waals surface area contributed by atoms with Gasteiger partial charge in [0.15, 0.2) is 5.78 Å². The molecule has 2 aromatic heterocycles. The Balaban J connectivity index is 1.72. The molecule has 6 heteroatoms. The second-order valence-electron chi connectivity index (χ2n) is 6.46. The highest BCUT2D eigenvalue weighted by atomic mass is 35.5. The fraction of sp³-hybridized carbons (Fsp3) is 0.0952. The molecular weight excluding hydrogens is 362 g/mol. The van der Waals surface area contributed by atoms with Crippen LogP contribution in [-0.4, -0.2) is 21.2 Å². The number of ketones is 1. The predicted octanol–water partition coefficient (Wildman–Crippen LogP) is 4.11. The van der Waals surface area contributed by atoms with Gasteiger partial charge in [0.2, 0.25) is 0 Å². The quantitative estimate of drug-likeness (QED) is 0.552. The minimum atomic E-state index is -0.199. The summed E-state index contributed by atoms with van der Waals surface area (Å²) in [6, 6.07) is 12.2. The highest BCUT2D eigenvalue weighted by Crippen LogP contribution is 2.32. The monoisotopic (exact) mass is 377 g/mol. The number of carbonyl (C=O) groups excluding carboxylic acids is 2. The number of nitrogens with one attached hydrogen (secondary N) is 1. The number of aryl methyl sites for hydroxylation is 2. The fourth-order valence-corrected chi connectivity index (χ4v) is 3.19. The van der Waals surface area contributed by atoms with Crippen LogP contribution in [0.4, 0.5) is 5.69 Å². The van der Waals surface area contributed by atoms with Gasteiger partial charge < -0.3 is 9.88 Å². The minimum Gasteiger partial charge on any atom is -0.350 e. The number of aromatic nitrogens is 2. The van der Waals surface area contributed by atoms with Crippen LogP contribution >= 0.6 is 11.6 Å². The van der Waals surface area contributed by atoms with Crippen LogP contribution in [0.5, 0.6) is 0 Å². The first-order valence-corrected chi connectivity index (χ1v) is 8.78. The minimum absolute atomic E-state index is 0.0999. The fourth-order valence-electron chi connectivity index (χ4n) is 3.06. The molecule has 5 nitrogen and oxygen atoms in total. The zero-order valence-corrected chi connectivity index (χ0v) is 15.5. The Kier molecular flexibility index (Phi) is 4.16. The highest BCUT2D eigenvalue weighted by Gasteiger charge is 2.26. The first kappa shape index (κ1) is 17.2. The number of pyridine rings is 1. The summed E-state index contributed by atoms with van der Waals surface area (Å²) in [5.41, 5.74) is 4.50. The molecule has 0 atom stereocenters. The van der Waals surface area contributed by atoms with Crippen molar-refractivity contribution in [3.05, 3.63) is 81.9 Å². The van der Waals surface area contributed by atoms with Crippen molar-refractivity contribution in [3.63, 3.8) is 0 Å². The Morgan fingerprint density at radius 1 is 1.15 bits per heavy atom. The number of hydrogen-bond donors (Lipinski definition) is 1. The number of carbonyl (C=O) groups is 2. The second-order valence-corrected chi connectivity index (χ2v) is 6.90. The maximum atomic E-state index is 12.7. The van der Waals surface area contributed by atoms with Gasteiger partial charge in [-0.1, -0.05) is 11.6 Å². The molecule has 3 heterocycles. The molecular formula is C21H16ClN3O2. The van der Waals surface area contributed by atoms with Crippen LogP contribution in [0.1, 0.15) is 33.0 Å². The SMILES string of the molecule is Cc1ccc2c(n1)C(=Cc1cc(C(=O)c3ccc(Cl)cc3)cn1C)C(=O)N2. The average molecular weight is 378 g/mol. The zero-order chi connectivity index (χ0) is 19.1. The van der Waals surface area contributed by atoms with E-state index in [1.54, 1.807) is 42.6 Å². The van der Waals surface area contributed by atoms with Gasteiger partial charge in [-0.15, -0.1) is 0 Å². The maximum absolute atomic E-state index is 12.7. The topological polar surface area (TPSA) is 64.0 Å². The third-order valence-corrected chi connectivity index (χ3v) is 4.74. The van der Waals surface area contributed by atoms with Crippen LogP contribution in [0, 0.1) is 6.92 Å². The van der Waals surface area contributed by atoms with E-state index in [0.29, 0.717) is 33.1 Å². The van der Waals surface area contributed by atoms with Gasteiger partial charge in [0.25, 0.3) is 5.91 Å². The lowest BCUT2D eigenvalue weighted by molar-refractivity contribution is -0.110. The van der Waals surface area contributed by atoms with Crippen molar-refractivity contribution in [3.8, 4) is 0 Å². The number of benzene rings is 1. The van der Waals surface area contributed by atoms with Crippen LogP contribution in [0.3, 0.4) is 0 Å². The van der Waals surface area contributed by atoms with Gasteiger partial charge in [-0.25, -0.2) is 0 Å². The van der Waals surface area contributed by atoms with Crippen molar-refractivity contribution in [2.75, 3.05) is 5.32 Å². The standard InChI is InChI=1S/C21H16ClN3O2/c1-12-3-8-18-19(23-12)17(21(27)24-18)10-16-9-14(11-25(16)2)20(26)13-4-6-15(22)7-5-13/h3-11H,1-2H3,(H,24,27). The molecule has 0 bridgehead atoms. The average Bonchev–Trinajstić information content (AvgIpc) is 3.16. The van der Waals surface area contributed by atoms with Gasteiger partial charge in [0.1, 0.15) is 0 Å². The summed E-state index contributed by atoms with van der Waals surface area (Å²) in [4.78, 5) is 29.5. The van der Waals surface area contributed by atoms with Gasteiger partial charge in [-0.05, 0) is 55.5 Å². The number of hydrogen-bond acceptors (Lipinski definition) is 3. The van der Waals surface area contributed by atoms with Gasteiger partial charge in [-0.2, -0.15) is 0 Å². The molecule has 1 aliphatic rings. The second kappa shape index (κ2) is 6.52. The third-order valence-electron chi connectivity index (χ3n) is 4.49. The van der Waals surface area contributed by atoms with E-state index in [1.165, 1.54) is 0 Å². The van der Waals surface area contributed by atoms with E-state index < -0.39 is 0 Å². The molecule has 3 aromatic rings. The Labute approximate surface area is 161 Å². The number of rotatable bonds is 3. The third kappa shape index (κ3) is 3.17. The van der Waals surface area contributed by atoms with Crippen molar-refractivity contribution in [1.82, 2.24) is 9.55 Å². The van der Waals surface area contributed by atoms with Crippen molar-refractivity contribution < 1.29 is 9.59 Å². The molecule has 0 unspecified atom stereocenters. The lowest BCUT2D eigenvalue weighted by Crippen LogP contribution is -2.04. The molecule has 27 heavy (non-hydrogen) atoms. The zero-order valence-electron chi connectivity index (χ0n) is 14.8. The Hall–Kier alpha value is -3.18. The van der Waals surface area contributed by atoms with E-state index in [2.05, 4.69) is 10.3 Å². The molecule has 0 spiro atoms. The van der Waals surface area contributed by atoms with E-state index in [4.69, 9.17) is 11.6 Å². The predicted molar refractivity (Wildman–Crippen MR) is 106 cm³/mol. The lowest BCUT2D eigenvalue weighted by Gasteiger charge is -2.00. The first-order valence-electron chi connectivity index (χ1n) is 8.40. The number of anilines is 1. The Morgan fingerprint density at radius 2 is 1.89 bits per heavy atom. The van der Waals surface area contributed by atoms with Crippen LogP contribution in [-0.2, 0) is 11.8 Å². The smallest absolute Gasteiger partial charge is 0.258 e. The molecule has 1 amide bonds. The van der Waals surface area contributed by atoms with E-state index in [1.807, 2.05) is 30.7 Å². The van der Waals surface area contributed by atoms with Gasteiger partial charge >= 0.3 is 0 Å². The van der Waals surface area contributed by atoms with Gasteiger partial charge in [0.05, 0.1) is 17.0 Å². The lowest BCUT2D eigenvalue weighted by atomic mass is 10.1. The molecule has 0 radical (unpaired) electrons. The summed E-state index contributed by atoms with van der Waals surface area (Å²) in [7, 11) is 1.84. The van der Waals surface area contributed by atoms with E-state index in [-0.39, 0.29) is 11.7 Å². The summed E-state index contributed by atoms with van der Waals surface area (Å²) in [5, 5.41) is 3.40. The first-order chi connectivity index (χ1) is 12.9. The summed E-state index contributed by atoms with van der Waals surface area (Å²) in [6.07, 6.45) is 3.51. The molecule has 0 saturated heterocycles. The summed E-state index contributed by atoms with van der Waals surface area (Å²) >= 11 is 5.89. The molecule has 1 aromatic carbocycles. The molecule has 4 rings (SSSR count). The van der Waals surface area contributed by atoms with Gasteiger partial charge in [0, 0.05) is 40.8 Å². The van der Waals surface area contributed by atoms with Crippen LogP contribution in [0.25, 0.3) is 11.6 Å². The molecule has 1 N–H and O–H groups in total. The number of fused-ring (bicyclic) bond motifs is 1. The van der Waals surface area contributed by atoms with Crippen LogP contribution in [0.2, 0.25) is 5.02 Å². The van der Waals surface area contributed by atoms with Crippen molar-refractivity contribution in [1.29, 1.82) is 0 Å². The van der Waals surface area contributed by atoms with Crippen molar-refractivity contribution in [2.45, 2.75) is 6.92 Å². The summed E-state index contributed by atoms with van der Waals surface area (Å²) in [5.74, 6) is -0.299. The largest absolute Gasteiger partial charge is 0.350 e. The molecule has 0 saturated carbocycles. The van der Waals surface area contributed by atoms with E-state index >= 15 is 0 Å². The van der Waals surface area contributed by atoms with Crippen molar-refractivity contribution >= 4 is 40.6 Å². The van der Waals surface area contributed by atoms with Crippen LogP contribution < -0.4 is 5.32 Å². The summed E-state index contributed by atoms with van der Waals surface area (Å²) < 4.78 is 1.82. The summed E-state index contributed by atoms with van der Waals surface area (Å²) in [6.45, 7) is 1.88. The van der Waals surface area contributed by atoms with Crippen LogP contribution in [0.15, 0.2) is 48.7 Å². The number of nitrogens with zero attached hydrogens (tertiary/aromatic N) is 2. The molecule has 0 fully saturated rings. The highest BCUT2D eigenvalue weighted by molar-refractivity contribution is 6.34. The van der Waals surface area contributed by atoms with Gasteiger partial charge in [-0.3, -0.25) is 14.6 Å². The Morgan fingerprint density at radius 3 is 2.63 bits per heavy atom. The van der Waals surface area contributed by atoms with E-state index in [9.17, 15) is 9.59 Å². The molecule has 1 aliphatic heterocycles. The number of halogens is 1. The molecule has 0 aliphatic carbocycles. The Bertz CT molecular complexity index is 1110. The molecule has 134 valence electrons. The number of amides is 1.